The van der Waals surface area contributed by atoms with Crippen LogP contribution in [0.5, 0.6) is 5.75 Å². The summed E-state index contributed by atoms with van der Waals surface area (Å²) in [5, 5.41) is 6.13. The number of carbonyl (C=O) groups is 2. The predicted molar refractivity (Wildman–Crippen MR) is 91.4 cm³/mol. The number of halogens is 2. The molecule has 130 valence electrons. The number of urea groups is 1. The Morgan fingerprint density at radius 3 is 2.67 bits per heavy atom. The number of hydrogen-bond donors (Lipinski definition) is 2. The van der Waals surface area contributed by atoms with E-state index in [4.69, 9.17) is 32.7 Å². The number of benzene rings is 1. The Morgan fingerprint density at radius 2 is 2.04 bits per heavy atom. The zero-order chi connectivity index (χ0) is 17.7. The monoisotopic (exact) mass is 372 g/mol. The van der Waals surface area contributed by atoms with Crippen LogP contribution in [0.2, 0.25) is 10.0 Å². The number of esters is 1. The van der Waals surface area contributed by atoms with Gasteiger partial charge in [-0.15, -0.1) is 0 Å². The maximum absolute atomic E-state index is 12.2. The molecule has 2 rings (SSSR count). The summed E-state index contributed by atoms with van der Waals surface area (Å²) in [6.07, 6.45) is 0.548. The molecule has 0 aliphatic carbocycles. The van der Waals surface area contributed by atoms with Gasteiger partial charge in [0.15, 0.2) is 0 Å². The van der Waals surface area contributed by atoms with Crippen LogP contribution in [0, 0.1) is 0 Å². The highest BCUT2D eigenvalue weighted by Crippen LogP contribution is 2.28. The Hall–Kier alpha value is -1.92. The fraction of sp³-hybridized carbons (Fsp3) is 0.375. The van der Waals surface area contributed by atoms with Crippen molar-refractivity contribution in [2.24, 2.45) is 0 Å². The Labute approximate surface area is 150 Å². The summed E-state index contributed by atoms with van der Waals surface area (Å²) in [5.74, 6) is -0.0877. The molecule has 1 aliphatic heterocycles. The van der Waals surface area contributed by atoms with Crippen LogP contribution in [0.25, 0.3) is 0 Å². The molecule has 0 saturated heterocycles. The summed E-state index contributed by atoms with van der Waals surface area (Å²) >= 11 is 11.9. The van der Waals surface area contributed by atoms with Crippen LogP contribution in [0.1, 0.15) is 20.3 Å². The van der Waals surface area contributed by atoms with E-state index in [0.29, 0.717) is 33.5 Å². The van der Waals surface area contributed by atoms with Gasteiger partial charge in [-0.25, -0.2) is 9.59 Å². The molecule has 0 unspecified atom stereocenters. The zero-order valence-electron chi connectivity index (χ0n) is 13.3. The standard InChI is InChI=1S/C16H18Cl2N2O4/c1-3-11-14(15(21)23-4-2)12(20-16(22)19-11)8-24-13-6-5-9(17)7-10(13)18/h5-7,11H,3-4,8H2,1-2H3,(H2,19,20,22)/t11-/m0/s1. The van der Waals surface area contributed by atoms with E-state index < -0.39 is 18.0 Å². The molecule has 1 atom stereocenters. The molecule has 1 aromatic rings. The van der Waals surface area contributed by atoms with E-state index in [0.717, 1.165) is 0 Å². The van der Waals surface area contributed by atoms with Crippen molar-refractivity contribution in [1.29, 1.82) is 0 Å². The predicted octanol–water partition coefficient (Wildman–Crippen LogP) is 3.28. The molecule has 0 fully saturated rings. The lowest BCUT2D eigenvalue weighted by Crippen LogP contribution is -2.51. The highest BCUT2D eigenvalue weighted by molar-refractivity contribution is 6.35. The van der Waals surface area contributed by atoms with Crippen LogP contribution in [0.3, 0.4) is 0 Å². The molecule has 2 N–H and O–H groups in total. The lowest BCUT2D eigenvalue weighted by molar-refractivity contribution is -0.139. The third-order valence-electron chi connectivity index (χ3n) is 3.41. The second-order valence-electron chi connectivity index (χ2n) is 5.04. The number of hydrogen-bond acceptors (Lipinski definition) is 4. The summed E-state index contributed by atoms with van der Waals surface area (Å²) in [4.78, 5) is 24.0. The minimum atomic E-state index is -0.488. The molecule has 1 aromatic carbocycles. The lowest BCUT2D eigenvalue weighted by atomic mass is 10.0. The van der Waals surface area contributed by atoms with Gasteiger partial charge >= 0.3 is 12.0 Å². The molecule has 6 nitrogen and oxygen atoms in total. The number of carbonyl (C=O) groups excluding carboxylic acids is 2. The van der Waals surface area contributed by atoms with Crippen LogP contribution >= 0.6 is 23.2 Å². The van der Waals surface area contributed by atoms with Crippen LogP contribution in [0.15, 0.2) is 29.5 Å². The first-order valence-corrected chi connectivity index (χ1v) is 8.27. The Balaban J connectivity index is 2.26. The van der Waals surface area contributed by atoms with E-state index in [9.17, 15) is 9.59 Å². The largest absolute Gasteiger partial charge is 0.486 e. The van der Waals surface area contributed by atoms with E-state index in [1.54, 1.807) is 25.1 Å². The summed E-state index contributed by atoms with van der Waals surface area (Å²) < 4.78 is 10.7. The maximum atomic E-state index is 12.2. The first-order chi connectivity index (χ1) is 11.5. The fourth-order valence-corrected chi connectivity index (χ4v) is 2.78. The first-order valence-electron chi connectivity index (χ1n) is 7.51. The Morgan fingerprint density at radius 1 is 1.29 bits per heavy atom. The quantitative estimate of drug-likeness (QED) is 0.751. The molecule has 0 spiro atoms. The van der Waals surface area contributed by atoms with Gasteiger partial charge in [0, 0.05) is 5.02 Å². The van der Waals surface area contributed by atoms with Gasteiger partial charge in [-0.05, 0) is 31.5 Å². The second-order valence-corrected chi connectivity index (χ2v) is 5.88. The fourth-order valence-electron chi connectivity index (χ4n) is 2.32. The summed E-state index contributed by atoms with van der Waals surface area (Å²) in [5.41, 5.74) is 0.708. The lowest BCUT2D eigenvalue weighted by Gasteiger charge is -2.28. The summed E-state index contributed by atoms with van der Waals surface area (Å²) in [7, 11) is 0. The van der Waals surface area contributed by atoms with Crippen molar-refractivity contribution < 1.29 is 19.1 Å². The summed E-state index contributed by atoms with van der Waals surface area (Å²) in [6, 6.07) is 3.98. The first kappa shape index (κ1) is 18.4. The molecule has 0 radical (unpaired) electrons. The molecule has 1 aliphatic rings. The van der Waals surface area contributed by atoms with Gasteiger partial charge in [0.1, 0.15) is 12.4 Å². The van der Waals surface area contributed by atoms with Crippen LogP contribution in [0.4, 0.5) is 4.79 Å². The van der Waals surface area contributed by atoms with Crippen molar-refractivity contribution in [1.82, 2.24) is 10.6 Å². The van der Waals surface area contributed by atoms with Crippen molar-refractivity contribution in [3.8, 4) is 5.75 Å². The Bertz CT molecular complexity index is 676. The van der Waals surface area contributed by atoms with Crippen molar-refractivity contribution in [2.75, 3.05) is 13.2 Å². The van der Waals surface area contributed by atoms with Crippen LogP contribution < -0.4 is 15.4 Å². The maximum Gasteiger partial charge on any atom is 0.338 e. The second kappa shape index (κ2) is 8.26. The highest BCUT2D eigenvalue weighted by atomic mass is 35.5. The minimum Gasteiger partial charge on any atom is -0.486 e. The number of ether oxygens (including phenoxy) is 2. The molecule has 0 aromatic heterocycles. The molecule has 0 saturated carbocycles. The van der Waals surface area contributed by atoms with E-state index in [-0.39, 0.29) is 13.2 Å². The van der Waals surface area contributed by atoms with Crippen LogP contribution in [-0.2, 0) is 9.53 Å². The van der Waals surface area contributed by atoms with Crippen molar-refractivity contribution >= 4 is 35.2 Å². The van der Waals surface area contributed by atoms with Crippen molar-refractivity contribution in [2.45, 2.75) is 26.3 Å². The molecular weight excluding hydrogens is 355 g/mol. The van der Waals surface area contributed by atoms with Gasteiger partial charge in [-0.3, -0.25) is 0 Å². The van der Waals surface area contributed by atoms with Crippen LogP contribution in [-0.4, -0.2) is 31.3 Å². The summed E-state index contributed by atoms with van der Waals surface area (Å²) in [6.45, 7) is 3.80. The van der Waals surface area contributed by atoms with E-state index in [2.05, 4.69) is 10.6 Å². The number of amides is 2. The van der Waals surface area contributed by atoms with Crippen molar-refractivity contribution in [3.05, 3.63) is 39.5 Å². The number of rotatable bonds is 6. The molecule has 1 heterocycles. The van der Waals surface area contributed by atoms with E-state index >= 15 is 0 Å². The SMILES string of the molecule is CCOC(=O)C1=C(COc2ccc(Cl)cc2Cl)NC(=O)N[C@H]1CC. The normalized spacial score (nSPS) is 17.2. The minimum absolute atomic E-state index is 0.0284. The topological polar surface area (TPSA) is 76.7 Å². The smallest absolute Gasteiger partial charge is 0.338 e. The number of nitrogens with one attached hydrogen (secondary N) is 2. The molecule has 0 bridgehead atoms. The van der Waals surface area contributed by atoms with Gasteiger partial charge in [0.25, 0.3) is 0 Å². The highest BCUT2D eigenvalue weighted by Gasteiger charge is 2.31. The van der Waals surface area contributed by atoms with Gasteiger partial charge in [0.05, 0.1) is 28.9 Å². The van der Waals surface area contributed by atoms with E-state index in [1.165, 1.54) is 0 Å². The molecular formula is C16H18Cl2N2O4. The van der Waals surface area contributed by atoms with Gasteiger partial charge in [-0.2, -0.15) is 0 Å². The van der Waals surface area contributed by atoms with Gasteiger partial charge in [-0.1, -0.05) is 30.1 Å². The zero-order valence-corrected chi connectivity index (χ0v) is 14.8. The third-order valence-corrected chi connectivity index (χ3v) is 3.94. The van der Waals surface area contributed by atoms with Crippen molar-refractivity contribution in [3.63, 3.8) is 0 Å². The Kier molecular flexibility index (Phi) is 6.34. The third kappa shape index (κ3) is 4.33. The average Bonchev–Trinajstić information content (AvgIpc) is 2.53. The van der Waals surface area contributed by atoms with E-state index in [1.807, 2.05) is 6.92 Å². The van der Waals surface area contributed by atoms with Gasteiger partial charge in [0.2, 0.25) is 0 Å². The molecule has 8 heteroatoms. The average molecular weight is 373 g/mol. The molecule has 2 amide bonds. The van der Waals surface area contributed by atoms with Gasteiger partial charge < -0.3 is 20.1 Å². The molecule has 24 heavy (non-hydrogen) atoms.